The minimum Gasteiger partial charge on any atom is -0.544 e. The Kier molecular flexibility index (Phi) is 7.62. The van der Waals surface area contributed by atoms with Gasteiger partial charge in [-0.05, 0) is 60.3 Å². The minimum atomic E-state index is -1.92. The van der Waals surface area contributed by atoms with Crippen LogP contribution in [0.3, 0.4) is 0 Å². The summed E-state index contributed by atoms with van der Waals surface area (Å²) < 4.78 is 7.55. The van der Waals surface area contributed by atoms with Crippen molar-refractivity contribution in [2.75, 3.05) is 5.32 Å². The molecule has 0 saturated carbocycles. The van der Waals surface area contributed by atoms with Crippen molar-refractivity contribution in [3.8, 4) is 27.6 Å². The van der Waals surface area contributed by atoms with Crippen LogP contribution < -0.4 is 9.74 Å². The van der Waals surface area contributed by atoms with Crippen molar-refractivity contribution in [3.05, 3.63) is 96.2 Å². The molecule has 0 fully saturated rings. The van der Waals surface area contributed by atoms with E-state index < -0.39 is 8.32 Å². The van der Waals surface area contributed by atoms with Crippen LogP contribution in [0.1, 0.15) is 31.9 Å². The monoisotopic (exact) mass is 565 g/mol. The van der Waals surface area contributed by atoms with Gasteiger partial charge in [0.05, 0.1) is 23.2 Å². The number of amides is 1. The summed E-state index contributed by atoms with van der Waals surface area (Å²) in [7, 11) is -1.92. The van der Waals surface area contributed by atoms with Gasteiger partial charge in [-0.25, -0.2) is 9.97 Å². The summed E-state index contributed by atoms with van der Waals surface area (Å²) in [6.07, 6.45) is 1.96. The van der Waals surface area contributed by atoms with Crippen molar-refractivity contribution in [1.29, 1.82) is 0 Å². The van der Waals surface area contributed by atoms with E-state index in [4.69, 9.17) is 9.41 Å². The molecule has 5 nitrogen and oxygen atoms in total. The molecule has 0 saturated heterocycles. The largest absolute Gasteiger partial charge is 0.544 e. The van der Waals surface area contributed by atoms with E-state index in [0.29, 0.717) is 11.5 Å². The van der Waals surface area contributed by atoms with E-state index in [1.807, 2.05) is 48.5 Å². The smallest absolute Gasteiger partial charge is 0.250 e. The molecule has 0 atom stereocenters. The van der Waals surface area contributed by atoms with E-state index in [0.717, 1.165) is 37.5 Å². The third kappa shape index (κ3) is 6.16. The quantitative estimate of drug-likeness (QED) is 0.200. The van der Waals surface area contributed by atoms with Crippen LogP contribution in [0.15, 0.2) is 85.1 Å². The Balaban J connectivity index is 1.39. The predicted octanol–water partition coefficient (Wildman–Crippen LogP) is 8.90. The number of fused-ring (bicyclic) bond motifs is 1. The van der Waals surface area contributed by atoms with Gasteiger partial charge in [0.1, 0.15) is 11.4 Å². The van der Waals surface area contributed by atoms with Gasteiger partial charge in [0.2, 0.25) is 14.2 Å². The number of hydrogen-bond donors (Lipinski definition) is 1. The van der Waals surface area contributed by atoms with Gasteiger partial charge in [-0.3, -0.25) is 4.79 Å². The molecule has 204 valence electrons. The topological polar surface area (TPSA) is 64.1 Å². The molecule has 2 heterocycles. The lowest BCUT2D eigenvalue weighted by Crippen LogP contribution is -2.43. The molecule has 0 bridgehead atoms. The normalized spacial score (nSPS) is 11.9. The predicted molar refractivity (Wildman–Crippen MR) is 170 cm³/mol. The van der Waals surface area contributed by atoms with Crippen molar-refractivity contribution >= 4 is 41.5 Å². The molecule has 0 unspecified atom stereocenters. The number of carbonyl (C=O) groups excluding carboxylic acids is 1. The molecule has 3 aromatic carbocycles. The van der Waals surface area contributed by atoms with E-state index in [1.165, 1.54) is 5.56 Å². The summed E-state index contributed by atoms with van der Waals surface area (Å²) in [5, 5.41) is 4.29. The molecule has 0 spiro atoms. The lowest BCUT2D eigenvalue weighted by molar-refractivity contribution is -0.115. The van der Waals surface area contributed by atoms with Gasteiger partial charge in [0.25, 0.3) is 0 Å². The lowest BCUT2D eigenvalue weighted by atomic mass is 10.1. The average Bonchev–Trinajstić information content (AvgIpc) is 3.34. The number of rotatable bonds is 7. The number of benzene rings is 3. The van der Waals surface area contributed by atoms with Gasteiger partial charge in [-0.1, -0.05) is 80.9 Å². The molecular weight excluding hydrogens is 531 g/mol. The van der Waals surface area contributed by atoms with Crippen LogP contribution in [0.5, 0.6) is 5.75 Å². The summed E-state index contributed by atoms with van der Waals surface area (Å²) in [5.41, 5.74) is 4.52. The molecular formula is C33H35N3O2SSi. The number of nitrogens with one attached hydrogen (secondary N) is 1. The van der Waals surface area contributed by atoms with Crippen molar-refractivity contribution < 1.29 is 9.22 Å². The third-order valence-electron chi connectivity index (χ3n) is 7.50. The summed E-state index contributed by atoms with van der Waals surface area (Å²) in [5.74, 6) is 1.17. The Morgan fingerprint density at radius 1 is 0.975 bits per heavy atom. The second-order valence-corrected chi connectivity index (χ2v) is 17.5. The molecule has 0 radical (unpaired) electrons. The molecule has 0 aliphatic heterocycles. The van der Waals surface area contributed by atoms with Gasteiger partial charge in [0.15, 0.2) is 5.82 Å². The van der Waals surface area contributed by atoms with Gasteiger partial charge in [0, 0.05) is 10.3 Å². The van der Waals surface area contributed by atoms with Crippen LogP contribution in [-0.2, 0) is 11.2 Å². The lowest BCUT2D eigenvalue weighted by Gasteiger charge is -2.36. The number of aryl methyl sites for hydroxylation is 1. The van der Waals surface area contributed by atoms with E-state index >= 15 is 0 Å². The second-order valence-electron chi connectivity index (χ2n) is 11.7. The molecule has 5 rings (SSSR count). The van der Waals surface area contributed by atoms with Crippen molar-refractivity contribution in [3.63, 3.8) is 0 Å². The first kappa shape index (κ1) is 27.7. The highest BCUT2D eigenvalue weighted by Crippen LogP contribution is 2.38. The number of aromatic nitrogens is 2. The average molecular weight is 566 g/mol. The van der Waals surface area contributed by atoms with Crippen LogP contribution >= 0.6 is 11.3 Å². The van der Waals surface area contributed by atoms with Gasteiger partial charge >= 0.3 is 0 Å². The fraction of sp³-hybridized carbons (Fsp3) is 0.242. The molecule has 7 heteroatoms. The summed E-state index contributed by atoms with van der Waals surface area (Å²) in [4.78, 5) is 23.8. The van der Waals surface area contributed by atoms with Crippen LogP contribution in [0.2, 0.25) is 18.1 Å². The molecule has 0 aliphatic rings. The Labute approximate surface area is 241 Å². The maximum atomic E-state index is 13.2. The second kappa shape index (κ2) is 11.0. The zero-order chi connectivity index (χ0) is 28.5. The highest BCUT2D eigenvalue weighted by atomic mass is 32.1. The van der Waals surface area contributed by atoms with Crippen molar-refractivity contribution in [2.24, 2.45) is 0 Å². The van der Waals surface area contributed by atoms with Gasteiger partial charge < -0.3 is 9.74 Å². The summed E-state index contributed by atoms with van der Waals surface area (Å²) in [6.45, 7) is 13.2. The number of thiophene rings is 1. The first-order valence-corrected chi connectivity index (χ1v) is 17.2. The number of hydrogen-bond acceptors (Lipinski definition) is 5. The molecule has 40 heavy (non-hydrogen) atoms. The SMILES string of the molecule is Cc1ccc(-c2cnc(NC(=O)Cc3ccc(O[Si](C)(C)C(C)(C)C)cc3)c(-c3cc4ccccc4s3)n2)cc1. The maximum absolute atomic E-state index is 13.2. The molecule has 0 aliphatic carbocycles. The van der Waals surface area contributed by atoms with Crippen LogP contribution in [-0.4, -0.2) is 24.2 Å². The van der Waals surface area contributed by atoms with E-state index in [9.17, 15) is 4.79 Å². The van der Waals surface area contributed by atoms with Crippen LogP contribution in [0.25, 0.3) is 31.9 Å². The van der Waals surface area contributed by atoms with E-state index in [1.54, 1.807) is 17.5 Å². The highest BCUT2D eigenvalue weighted by Gasteiger charge is 2.38. The van der Waals surface area contributed by atoms with Crippen LogP contribution in [0.4, 0.5) is 5.82 Å². The summed E-state index contributed by atoms with van der Waals surface area (Å²) in [6, 6.07) is 26.4. The summed E-state index contributed by atoms with van der Waals surface area (Å²) >= 11 is 1.65. The molecule has 2 aromatic heterocycles. The minimum absolute atomic E-state index is 0.119. The van der Waals surface area contributed by atoms with Gasteiger partial charge in [-0.15, -0.1) is 11.3 Å². The molecule has 1 N–H and O–H groups in total. The van der Waals surface area contributed by atoms with Gasteiger partial charge in [-0.2, -0.15) is 0 Å². The van der Waals surface area contributed by atoms with Crippen molar-refractivity contribution in [1.82, 2.24) is 9.97 Å². The van der Waals surface area contributed by atoms with E-state index in [2.05, 4.69) is 81.4 Å². The molecule has 1 amide bonds. The number of anilines is 1. The Hall–Kier alpha value is -3.81. The van der Waals surface area contributed by atoms with Crippen LogP contribution in [0, 0.1) is 6.92 Å². The first-order chi connectivity index (χ1) is 19.0. The Morgan fingerprint density at radius 2 is 1.68 bits per heavy atom. The van der Waals surface area contributed by atoms with E-state index in [-0.39, 0.29) is 17.4 Å². The first-order valence-electron chi connectivity index (χ1n) is 13.5. The number of nitrogens with zero attached hydrogens (tertiary/aromatic N) is 2. The molecule has 5 aromatic rings. The Morgan fingerprint density at radius 3 is 2.35 bits per heavy atom. The highest BCUT2D eigenvalue weighted by molar-refractivity contribution is 7.22. The Bertz CT molecular complexity index is 1620. The van der Waals surface area contributed by atoms with Crippen molar-refractivity contribution in [2.45, 2.75) is 52.2 Å². The zero-order valence-corrected chi connectivity index (χ0v) is 25.7. The zero-order valence-electron chi connectivity index (χ0n) is 23.9. The third-order valence-corrected chi connectivity index (χ3v) is 13.0. The fourth-order valence-corrected chi connectivity index (χ4v) is 6.18. The standard InChI is InChI=1S/C33H35N3O2SSi/c1-22-11-15-24(16-12-22)27-21-34-32(31(35-27)29-20-25-9-7-8-10-28(25)39-29)36-30(37)19-23-13-17-26(18-14-23)38-40(5,6)33(2,3)4/h7-18,20-21H,19H2,1-6H3,(H,34,36,37). The maximum Gasteiger partial charge on any atom is 0.250 e. The number of carbonyl (C=O) groups is 1. The fourth-order valence-electron chi connectivity index (χ4n) is 4.10.